The number of aryl methyl sites for hydroxylation is 1. The van der Waals surface area contributed by atoms with Crippen molar-refractivity contribution in [2.45, 2.75) is 26.8 Å². The molecule has 27 heavy (non-hydrogen) atoms. The van der Waals surface area contributed by atoms with Crippen LogP contribution in [0.1, 0.15) is 41.3 Å². The molecule has 2 aromatic heterocycles. The summed E-state index contributed by atoms with van der Waals surface area (Å²) >= 11 is 0. The van der Waals surface area contributed by atoms with Crippen LogP contribution in [0.3, 0.4) is 0 Å². The highest BCUT2D eigenvalue weighted by atomic mass is 16.4. The van der Waals surface area contributed by atoms with E-state index in [2.05, 4.69) is 0 Å². The Labute approximate surface area is 152 Å². The Kier molecular flexibility index (Phi) is 4.57. The third-order valence-corrected chi connectivity index (χ3v) is 4.33. The molecule has 140 valence electrons. The molecule has 0 unspecified atom stereocenters. The topological polar surface area (TPSA) is 127 Å². The first-order valence-electron chi connectivity index (χ1n) is 8.31. The number of benzene rings is 1. The van der Waals surface area contributed by atoms with Crippen molar-refractivity contribution in [2.24, 2.45) is 5.92 Å². The number of fused-ring (bicyclic) bond motifs is 3. The van der Waals surface area contributed by atoms with Crippen LogP contribution in [-0.4, -0.2) is 26.7 Å². The van der Waals surface area contributed by atoms with Crippen molar-refractivity contribution in [3.05, 3.63) is 56.2 Å². The number of aromatic nitrogens is 1. The van der Waals surface area contributed by atoms with Crippen LogP contribution in [0.4, 0.5) is 0 Å². The number of aromatic carboxylic acids is 2. The molecule has 8 nitrogen and oxygen atoms in total. The van der Waals surface area contributed by atoms with Crippen LogP contribution in [0.15, 0.2) is 38.3 Å². The SMILES string of the molecule is CC(C)CCn1c(C(=O)O)cc(=O)c2c3oc(C(=O)O)cc(=O)c3ccc21. The van der Waals surface area contributed by atoms with Gasteiger partial charge in [0.15, 0.2) is 16.4 Å². The van der Waals surface area contributed by atoms with E-state index in [9.17, 15) is 24.3 Å². The fourth-order valence-corrected chi connectivity index (χ4v) is 2.99. The van der Waals surface area contributed by atoms with Gasteiger partial charge in [-0.1, -0.05) is 13.8 Å². The molecule has 0 radical (unpaired) electrons. The molecule has 3 aromatic rings. The van der Waals surface area contributed by atoms with E-state index in [-0.39, 0.29) is 33.5 Å². The zero-order valence-corrected chi connectivity index (χ0v) is 14.7. The van der Waals surface area contributed by atoms with Crippen LogP contribution in [0, 0.1) is 5.92 Å². The van der Waals surface area contributed by atoms with Gasteiger partial charge in [0.1, 0.15) is 5.69 Å². The van der Waals surface area contributed by atoms with Crippen LogP contribution < -0.4 is 10.9 Å². The van der Waals surface area contributed by atoms with Gasteiger partial charge in [-0.05, 0) is 24.5 Å². The molecule has 0 aliphatic heterocycles. The molecule has 0 atom stereocenters. The molecule has 2 N–H and O–H groups in total. The Balaban J connectivity index is 2.48. The summed E-state index contributed by atoms with van der Waals surface area (Å²) in [6, 6.07) is 4.71. The highest BCUT2D eigenvalue weighted by Crippen LogP contribution is 2.24. The zero-order valence-electron chi connectivity index (χ0n) is 14.7. The van der Waals surface area contributed by atoms with Crippen LogP contribution in [0.25, 0.3) is 21.9 Å². The maximum absolute atomic E-state index is 12.6. The first kappa shape index (κ1) is 18.4. The van der Waals surface area contributed by atoms with E-state index < -0.39 is 28.6 Å². The van der Waals surface area contributed by atoms with Gasteiger partial charge in [-0.3, -0.25) is 9.59 Å². The molecule has 0 fully saturated rings. The molecule has 0 amide bonds. The third kappa shape index (κ3) is 3.21. The second kappa shape index (κ2) is 6.71. The van der Waals surface area contributed by atoms with Gasteiger partial charge in [-0.2, -0.15) is 0 Å². The van der Waals surface area contributed by atoms with Crippen molar-refractivity contribution in [3.8, 4) is 0 Å². The first-order valence-corrected chi connectivity index (χ1v) is 8.31. The Bertz CT molecular complexity index is 1200. The number of carboxylic acid groups (broad SMARTS) is 2. The molecule has 0 saturated carbocycles. The van der Waals surface area contributed by atoms with Crippen LogP contribution in [0.5, 0.6) is 0 Å². The van der Waals surface area contributed by atoms with Gasteiger partial charge >= 0.3 is 11.9 Å². The van der Waals surface area contributed by atoms with Gasteiger partial charge < -0.3 is 19.2 Å². The molecular formula is C19H17NO7. The Hall–Kier alpha value is -3.42. The van der Waals surface area contributed by atoms with E-state index >= 15 is 0 Å². The molecule has 0 spiro atoms. The number of hydrogen-bond acceptors (Lipinski definition) is 5. The van der Waals surface area contributed by atoms with E-state index in [1.54, 1.807) is 0 Å². The van der Waals surface area contributed by atoms with Crippen molar-refractivity contribution in [2.75, 3.05) is 0 Å². The lowest BCUT2D eigenvalue weighted by Gasteiger charge is -2.16. The van der Waals surface area contributed by atoms with Crippen LogP contribution in [-0.2, 0) is 6.54 Å². The molecule has 0 bridgehead atoms. The Morgan fingerprint density at radius 2 is 1.78 bits per heavy atom. The van der Waals surface area contributed by atoms with Gasteiger partial charge in [-0.25, -0.2) is 9.59 Å². The number of pyridine rings is 1. The lowest BCUT2D eigenvalue weighted by atomic mass is 10.1. The molecule has 8 heteroatoms. The monoisotopic (exact) mass is 371 g/mol. The normalized spacial score (nSPS) is 11.4. The minimum atomic E-state index is -1.44. The second-order valence-corrected chi connectivity index (χ2v) is 6.65. The minimum absolute atomic E-state index is 0.0125. The fraction of sp³-hybridized carbons (Fsp3) is 0.263. The summed E-state index contributed by atoms with van der Waals surface area (Å²) in [5.74, 6) is -2.99. The van der Waals surface area contributed by atoms with Crippen molar-refractivity contribution in [3.63, 3.8) is 0 Å². The maximum Gasteiger partial charge on any atom is 0.371 e. The predicted molar refractivity (Wildman–Crippen MR) is 97.6 cm³/mol. The predicted octanol–water partition coefficient (Wildman–Crippen LogP) is 2.55. The number of nitrogens with zero attached hydrogens (tertiary/aromatic N) is 1. The Morgan fingerprint density at radius 3 is 2.37 bits per heavy atom. The molecule has 0 aliphatic rings. The van der Waals surface area contributed by atoms with Gasteiger partial charge in [-0.15, -0.1) is 0 Å². The van der Waals surface area contributed by atoms with Gasteiger partial charge in [0.2, 0.25) is 5.76 Å². The standard InChI is InChI=1S/C19H17NO7/c1-9(2)5-6-20-11-4-3-10-13(21)8-15(19(25)26)27-17(10)16(11)14(22)7-12(20)18(23)24/h3-4,7-9H,5-6H2,1-2H3,(H,23,24)(H,25,26). The van der Waals surface area contributed by atoms with E-state index in [0.29, 0.717) is 13.0 Å². The molecule has 0 saturated heterocycles. The number of rotatable bonds is 5. The summed E-state index contributed by atoms with van der Waals surface area (Å²) in [6.07, 6.45) is 0.662. The van der Waals surface area contributed by atoms with Crippen molar-refractivity contribution >= 4 is 33.8 Å². The lowest BCUT2D eigenvalue weighted by Crippen LogP contribution is -2.19. The zero-order chi connectivity index (χ0) is 19.9. The van der Waals surface area contributed by atoms with E-state index in [1.807, 2.05) is 13.8 Å². The van der Waals surface area contributed by atoms with Crippen LogP contribution >= 0.6 is 0 Å². The van der Waals surface area contributed by atoms with Crippen molar-refractivity contribution in [1.29, 1.82) is 0 Å². The number of carbonyl (C=O) groups is 2. The van der Waals surface area contributed by atoms with Gasteiger partial charge in [0.25, 0.3) is 0 Å². The summed E-state index contributed by atoms with van der Waals surface area (Å²) in [6.45, 7) is 4.31. The van der Waals surface area contributed by atoms with E-state index in [1.165, 1.54) is 16.7 Å². The largest absolute Gasteiger partial charge is 0.477 e. The summed E-state index contributed by atoms with van der Waals surface area (Å²) in [7, 11) is 0. The smallest absolute Gasteiger partial charge is 0.371 e. The van der Waals surface area contributed by atoms with E-state index in [0.717, 1.165) is 12.1 Å². The average Bonchev–Trinajstić information content (AvgIpc) is 2.59. The van der Waals surface area contributed by atoms with Crippen molar-refractivity contribution < 1.29 is 24.2 Å². The third-order valence-electron chi connectivity index (χ3n) is 4.33. The Morgan fingerprint density at radius 1 is 1.07 bits per heavy atom. The highest BCUT2D eigenvalue weighted by molar-refractivity contribution is 6.04. The van der Waals surface area contributed by atoms with Crippen molar-refractivity contribution in [1.82, 2.24) is 4.57 Å². The molecule has 0 aliphatic carbocycles. The summed E-state index contributed by atoms with van der Waals surface area (Å²) in [5, 5.41) is 18.7. The van der Waals surface area contributed by atoms with Gasteiger partial charge in [0, 0.05) is 18.7 Å². The first-order chi connectivity index (χ1) is 12.7. The minimum Gasteiger partial charge on any atom is -0.477 e. The number of carboxylic acids is 2. The lowest BCUT2D eigenvalue weighted by molar-refractivity contribution is 0.0659. The highest BCUT2D eigenvalue weighted by Gasteiger charge is 2.20. The molecule has 2 heterocycles. The van der Waals surface area contributed by atoms with E-state index in [4.69, 9.17) is 9.52 Å². The van der Waals surface area contributed by atoms with Gasteiger partial charge in [0.05, 0.1) is 16.3 Å². The maximum atomic E-state index is 12.6. The number of hydrogen-bond donors (Lipinski definition) is 2. The molecule has 3 rings (SSSR count). The molecular weight excluding hydrogens is 354 g/mol. The quantitative estimate of drug-likeness (QED) is 0.660. The van der Waals surface area contributed by atoms with Crippen LogP contribution in [0.2, 0.25) is 0 Å². The summed E-state index contributed by atoms with van der Waals surface area (Å²) in [4.78, 5) is 47.6. The average molecular weight is 371 g/mol. The second-order valence-electron chi connectivity index (χ2n) is 6.65. The summed E-state index contributed by atoms with van der Waals surface area (Å²) < 4.78 is 6.80. The summed E-state index contributed by atoms with van der Waals surface area (Å²) in [5.41, 5.74) is -1.30. The fourth-order valence-electron chi connectivity index (χ4n) is 2.99. The molecule has 1 aromatic carbocycles.